The molecule has 0 fully saturated rings. The van der Waals surface area contributed by atoms with Gasteiger partial charge in [0.25, 0.3) is 5.91 Å². The quantitative estimate of drug-likeness (QED) is 0.352. The van der Waals surface area contributed by atoms with Crippen molar-refractivity contribution in [1.29, 1.82) is 0 Å². The molecule has 0 atom stereocenters. The van der Waals surface area contributed by atoms with E-state index in [1.54, 1.807) is 23.8 Å². The van der Waals surface area contributed by atoms with E-state index in [-0.39, 0.29) is 12.5 Å². The summed E-state index contributed by atoms with van der Waals surface area (Å²) in [5.74, 6) is 1.24. The molecule has 0 N–H and O–H groups in total. The molecule has 0 aliphatic carbocycles. The Hall–Kier alpha value is -3.24. The van der Waals surface area contributed by atoms with E-state index in [0.29, 0.717) is 28.7 Å². The first kappa shape index (κ1) is 22.9. The number of fused-ring (bicyclic) bond motifs is 2. The average molecular weight is 469 g/mol. The van der Waals surface area contributed by atoms with E-state index < -0.39 is 0 Å². The number of hydrogen-bond acceptors (Lipinski definition) is 8. The van der Waals surface area contributed by atoms with Gasteiger partial charge in [0.1, 0.15) is 33.8 Å². The molecule has 1 amide bonds. The maximum atomic E-state index is 13.6. The predicted octanol–water partition coefficient (Wildman–Crippen LogP) is 3.43. The number of amides is 1. The van der Waals surface area contributed by atoms with E-state index in [9.17, 15) is 4.79 Å². The zero-order valence-corrected chi connectivity index (χ0v) is 20.1. The summed E-state index contributed by atoms with van der Waals surface area (Å²) in [6, 6.07) is 11.3. The van der Waals surface area contributed by atoms with Crippen molar-refractivity contribution in [1.82, 2.24) is 24.9 Å². The molecular weight excluding hydrogens is 440 g/mol. The highest BCUT2D eigenvalue weighted by molar-refractivity contribution is 7.22. The molecule has 4 aromatic rings. The third kappa shape index (κ3) is 4.62. The molecule has 33 heavy (non-hydrogen) atoms. The van der Waals surface area contributed by atoms with Gasteiger partial charge >= 0.3 is 0 Å². The minimum absolute atomic E-state index is 0.0724. The molecule has 0 spiro atoms. The van der Waals surface area contributed by atoms with Crippen molar-refractivity contribution >= 4 is 43.6 Å². The number of likely N-dealkylation sites (N-methyl/N-ethyl adjacent to an activating group) is 1. The molecule has 0 unspecified atom stereocenters. The van der Waals surface area contributed by atoms with E-state index in [1.165, 1.54) is 11.3 Å². The Labute approximate surface area is 196 Å². The van der Waals surface area contributed by atoms with Crippen molar-refractivity contribution in [3.05, 3.63) is 36.4 Å². The van der Waals surface area contributed by atoms with Gasteiger partial charge in [0.2, 0.25) is 0 Å². The normalized spacial score (nSPS) is 11.4. The molecular formula is C23H28N6O3S. The standard InChI is InChI=1S/C23H28N6O3S/c1-5-27(6-2)13-14-28(20(30)15-29-17-10-8-7-9-16(17)25-26-29)23-24-21-18(31-3)11-12-19(32-4)22(21)33-23/h7-12H,5-6,13-15H2,1-4H3. The highest BCUT2D eigenvalue weighted by atomic mass is 32.1. The average Bonchev–Trinajstić information content (AvgIpc) is 3.46. The van der Waals surface area contributed by atoms with Crippen LogP contribution in [0.4, 0.5) is 5.13 Å². The number of benzene rings is 2. The summed E-state index contributed by atoms with van der Waals surface area (Å²) in [6.45, 7) is 7.37. The van der Waals surface area contributed by atoms with Crippen LogP contribution in [0.2, 0.25) is 0 Å². The van der Waals surface area contributed by atoms with Gasteiger partial charge in [0, 0.05) is 13.1 Å². The first-order valence-electron chi connectivity index (χ1n) is 10.9. The molecule has 0 radical (unpaired) electrons. The number of methoxy groups -OCH3 is 2. The summed E-state index contributed by atoms with van der Waals surface area (Å²) in [7, 11) is 3.24. The highest BCUT2D eigenvalue weighted by Gasteiger charge is 2.24. The predicted molar refractivity (Wildman–Crippen MR) is 130 cm³/mol. The van der Waals surface area contributed by atoms with Gasteiger partial charge in [-0.15, -0.1) is 5.10 Å². The maximum absolute atomic E-state index is 13.6. The lowest BCUT2D eigenvalue weighted by Gasteiger charge is -2.24. The molecule has 0 saturated carbocycles. The number of rotatable bonds is 10. The Morgan fingerprint density at radius 3 is 2.48 bits per heavy atom. The Kier molecular flexibility index (Phi) is 7.05. The van der Waals surface area contributed by atoms with Gasteiger partial charge in [-0.2, -0.15) is 0 Å². The van der Waals surface area contributed by atoms with Crippen LogP contribution in [0, 0.1) is 0 Å². The molecule has 174 valence electrons. The van der Waals surface area contributed by atoms with Gasteiger partial charge in [-0.25, -0.2) is 9.67 Å². The number of hydrogen-bond donors (Lipinski definition) is 0. The largest absolute Gasteiger partial charge is 0.495 e. The Bertz CT molecular complexity index is 1210. The molecule has 0 aliphatic heterocycles. The minimum atomic E-state index is -0.102. The smallest absolute Gasteiger partial charge is 0.250 e. The third-order valence-electron chi connectivity index (χ3n) is 5.67. The number of anilines is 1. The first-order chi connectivity index (χ1) is 16.1. The molecule has 4 rings (SSSR count). The summed E-state index contributed by atoms with van der Waals surface area (Å²) in [5, 5.41) is 8.97. The third-order valence-corrected chi connectivity index (χ3v) is 6.76. The summed E-state index contributed by atoms with van der Waals surface area (Å²) < 4.78 is 13.5. The zero-order valence-electron chi connectivity index (χ0n) is 19.3. The number of thiazole rings is 1. The van der Waals surface area contributed by atoms with Crippen LogP contribution in [0.5, 0.6) is 11.5 Å². The number of para-hydroxylation sites is 1. The lowest BCUT2D eigenvalue weighted by atomic mass is 10.3. The Balaban J connectivity index is 1.70. The number of ether oxygens (including phenoxy) is 2. The summed E-state index contributed by atoms with van der Waals surface area (Å²) in [6.07, 6.45) is 0. The lowest BCUT2D eigenvalue weighted by Crippen LogP contribution is -2.40. The molecule has 0 bridgehead atoms. The Morgan fingerprint density at radius 2 is 1.76 bits per heavy atom. The van der Waals surface area contributed by atoms with Crippen molar-refractivity contribution in [2.45, 2.75) is 20.4 Å². The number of carbonyl (C=O) groups is 1. The molecule has 9 nitrogen and oxygen atoms in total. The van der Waals surface area contributed by atoms with Crippen molar-refractivity contribution in [2.75, 3.05) is 45.3 Å². The van der Waals surface area contributed by atoms with Crippen LogP contribution in [0.15, 0.2) is 36.4 Å². The molecule has 2 aromatic heterocycles. The van der Waals surface area contributed by atoms with Crippen molar-refractivity contribution in [3.63, 3.8) is 0 Å². The fourth-order valence-electron chi connectivity index (χ4n) is 3.75. The topological polar surface area (TPSA) is 85.6 Å². The van der Waals surface area contributed by atoms with Crippen LogP contribution in [-0.2, 0) is 11.3 Å². The number of carbonyl (C=O) groups excluding carboxylic acids is 1. The van der Waals surface area contributed by atoms with Gasteiger partial charge in [-0.1, -0.05) is 42.5 Å². The zero-order chi connectivity index (χ0) is 23.4. The van der Waals surface area contributed by atoms with Gasteiger partial charge in [-0.05, 0) is 37.4 Å². The van der Waals surface area contributed by atoms with Crippen LogP contribution < -0.4 is 14.4 Å². The highest BCUT2D eigenvalue weighted by Crippen LogP contribution is 2.40. The summed E-state index contributed by atoms with van der Waals surface area (Å²) in [5.41, 5.74) is 2.26. The minimum Gasteiger partial charge on any atom is -0.495 e. The number of nitrogens with zero attached hydrogens (tertiary/aromatic N) is 6. The van der Waals surface area contributed by atoms with E-state index >= 15 is 0 Å². The SMILES string of the molecule is CCN(CC)CCN(C(=O)Cn1nnc2ccccc21)c1nc2c(OC)ccc(OC)c2s1. The van der Waals surface area contributed by atoms with Crippen molar-refractivity contribution in [2.24, 2.45) is 0 Å². The summed E-state index contributed by atoms with van der Waals surface area (Å²) >= 11 is 1.42. The second-order valence-electron chi connectivity index (χ2n) is 7.45. The van der Waals surface area contributed by atoms with Crippen LogP contribution in [0.3, 0.4) is 0 Å². The summed E-state index contributed by atoms with van der Waals surface area (Å²) in [4.78, 5) is 22.4. The maximum Gasteiger partial charge on any atom is 0.250 e. The lowest BCUT2D eigenvalue weighted by molar-refractivity contribution is -0.119. The fourth-order valence-corrected chi connectivity index (χ4v) is 4.86. The van der Waals surface area contributed by atoms with E-state index in [2.05, 4.69) is 29.1 Å². The van der Waals surface area contributed by atoms with Crippen LogP contribution >= 0.6 is 11.3 Å². The van der Waals surface area contributed by atoms with E-state index in [1.807, 2.05) is 36.4 Å². The van der Waals surface area contributed by atoms with Gasteiger partial charge < -0.3 is 14.4 Å². The monoisotopic (exact) mass is 468 g/mol. The fraction of sp³-hybridized carbons (Fsp3) is 0.391. The second-order valence-corrected chi connectivity index (χ2v) is 8.43. The Morgan fingerprint density at radius 1 is 1.03 bits per heavy atom. The van der Waals surface area contributed by atoms with E-state index in [4.69, 9.17) is 14.5 Å². The van der Waals surface area contributed by atoms with Gasteiger partial charge in [-0.3, -0.25) is 9.69 Å². The van der Waals surface area contributed by atoms with Gasteiger partial charge in [0.15, 0.2) is 5.13 Å². The van der Waals surface area contributed by atoms with Crippen LogP contribution in [0.25, 0.3) is 21.3 Å². The van der Waals surface area contributed by atoms with E-state index in [0.717, 1.165) is 35.4 Å². The van der Waals surface area contributed by atoms with Crippen molar-refractivity contribution < 1.29 is 14.3 Å². The van der Waals surface area contributed by atoms with Crippen molar-refractivity contribution in [3.8, 4) is 11.5 Å². The number of aromatic nitrogens is 4. The molecule has 0 saturated heterocycles. The molecule has 2 aromatic carbocycles. The molecule has 0 aliphatic rings. The first-order valence-corrected chi connectivity index (χ1v) is 11.7. The van der Waals surface area contributed by atoms with Gasteiger partial charge in [0.05, 0.1) is 19.7 Å². The van der Waals surface area contributed by atoms with Crippen LogP contribution in [-0.4, -0.2) is 71.2 Å². The van der Waals surface area contributed by atoms with Crippen LogP contribution in [0.1, 0.15) is 13.8 Å². The second kappa shape index (κ2) is 10.1. The molecule has 2 heterocycles. The molecule has 10 heteroatoms.